The second kappa shape index (κ2) is 8.35. The molecule has 146 valence electrons. The zero-order valence-corrected chi connectivity index (χ0v) is 16.0. The van der Waals surface area contributed by atoms with Gasteiger partial charge in [-0.1, -0.05) is 17.3 Å². The summed E-state index contributed by atoms with van der Waals surface area (Å²) < 4.78 is 16.1. The molecule has 0 spiro atoms. The molecule has 2 saturated heterocycles. The van der Waals surface area contributed by atoms with Crippen LogP contribution in [0.15, 0.2) is 30.5 Å². The number of rotatable bonds is 5. The molecule has 6 nitrogen and oxygen atoms in total. The Morgan fingerprint density at radius 2 is 1.74 bits per heavy atom. The zero-order valence-electron chi connectivity index (χ0n) is 16.0. The van der Waals surface area contributed by atoms with E-state index >= 15 is 0 Å². The third-order valence-electron chi connectivity index (χ3n) is 5.96. The zero-order chi connectivity index (χ0) is 18.6. The fourth-order valence-corrected chi connectivity index (χ4v) is 4.45. The van der Waals surface area contributed by atoms with Crippen molar-refractivity contribution in [2.45, 2.75) is 44.3 Å². The van der Waals surface area contributed by atoms with Gasteiger partial charge in [0.15, 0.2) is 0 Å². The predicted molar refractivity (Wildman–Crippen MR) is 104 cm³/mol. The average Bonchev–Trinajstić information content (AvgIpc) is 3.18. The lowest BCUT2D eigenvalue weighted by Gasteiger charge is -2.42. The van der Waals surface area contributed by atoms with Gasteiger partial charge in [-0.15, -0.1) is 5.10 Å². The van der Waals surface area contributed by atoms with Crippen LogP contribution in [-0.4, -0.2) is 59.2 Å². The highest BCUT2D eigenvalue weighted by atomic mass is 19.1. The molecule has 1 aromatic heterocycles. The lowest BCUT2D eigenvalue weighted by Crippen LogP contribution is -2.48. The molecular formula is C20H29FN6. The molecular weight excluding hydrogens is 343 g/mol. The van der Waals surface area contributed by atoms with E-state index in [9.17, 15) is 4.39 Å². The van der Waals surface area contributed by atoms with Crippen molar-refractivity contribution in [3.8, 4) is 0 Å². The Morgan fingerprint density at radius 3 is 2.44 bits per heavy atom. The van der Waals surface area contributed by atoms with Crippen LogP contribution in [0.5, 0.6) is 0 Å². The standard InChI is InChI=1S/C20H29FN6/c1-22-14-16-15-27(24-23-16)18-8-10-25(11-9-18)17-6-12-26(13-7-17)20-5-3-2-4-19(20)21/h2-5,15,17-18,22H,6-14H2,1H3. The minimum absolute atomic E-state index is 0.109. The quantitative estimate of drug-likeness (QED) is 0.874. The van der Waals surface area contributed by atoms with Gasteiger partial charge in [0.05, 0.1) is 23.6 Å². The summed E-state index contributed by atoms with van der Waals surface area (Å²) in [6.07, 6.45) is 6.53. The largest absolute Gasteiger partial charge is 0.369 e. The van der Waals surface area contributed by atoms with Gasteiger partial charge in [0.1, 0.15) is 5.82 Å². The molecule has 27 heavy (non-hydrogen) atoms. The highest BCUT2D eigenvalue weighted by molar-refractivity contribution is 5.47. The maximum atomic E-state index is 14.0. The van der Waals surface area contributed by atoms with Crippen LogP contribution in [0.1, 0.15) is 37.4 Å². The number of piperidine rings is 2. The molecule has 1 N–H and O–H groups in total. The second-order valence-corrected chi connectivity index (χ2v) is 7.66. The number of aromatic nitrogens is 3. The highest BCUT2D eigenvalue weighted by Crippen LogP contribution is 2.28. The Balaban J connectivity index is 1.27. The average molecular weight is 372 g/mol. The van der Waals surface area contributed by atoms with Crippen LogP contribution in [0.3, 0.4) is 0 Å². The van der Waals surface area contributed by atoms with E-state index in [-0.39, 0.29) is 5.82 Å². The van der Waals surface area contributed by atoms with Gasteiger partial charge in [0.25, 0.3) is 0 Å². The fraction of sp³-hybridized carbons (Fsp3) is 0.600. The number of halogens is 1. The summed E-state index contributed by atoms with van der Waals surface area (Å²) >= 11 is 0. The van der Waals surface area contributed by atoms with E-state index in [4.69, 9.17) is 0 Å². The number of likely N-dealkylation sites (tertiary alicyclic amines) is 1. The minimum atomic E-state index is -0.109. The first-order chi connectivity index (χ1) is 13.2. The van der Waals surface area contributed by atoms with E-state index in [1.807, 2.05) is 23.9 Å². The van der Waals surface area contributed by atoms with Gasteiger partial charge >= 0.3 is 0 Å². The Kier molecular flexibility index (Phi) is 5.69. The van der Waals surface area contributed by atoms with Crippen molar-refractivity contribution in [2.24, 2.45) is 0 Å². The van der Waals surface area contributed by atoms with Gasteiger partial charge in [-0.2, -0.15) is 0 Å². The number of nitrogens with zero attached hydrogens (tertiary/aromatic N) is 5. The van der Waals surface area contributed by atoms with Crippen molar-refractivity contribution in [1.29, 1.82) is 0 Å². The number of anilines is 1. The molecule has 0 atom stereocenters. The molecule has 1 aromatic carbocycles. The molecule has 2 fully saturated rings. The van der Waals surface area contributed by atoms with Crippen molar-refractivity contribution >= 4 is 5.69 Å². The smallest absolute Gasteiger partial charge is 0.146 e. The van der Waals surface area contributed by atoms with Crippen molar-refractivity contribution in [1.82, 2.24) is 25.2 Å². The van der Waals surface area contributed by atoms with E-state index in [2.05, 4.69) is 31.6 Å². The van der Waals surface area contributed by atoms with Gasteiger partial charge in [0, 0.05) is 38.8 Å². The number of hydrogen-bond donors (Lipinski definition) is 1. The van der Waals surface area contributed by atoms with Crippen LogP contribution in [0.2, 0.25) is 0 Å². The fourth-order valence-electron chi connectivity index (χ4n) is 4.45. The monoisotopic (exact) mass is 372 g/mol. The van der Waals surface area contributed by atoms with E-state index in [0.717, 1.165) is 69.8 Å². The molecule has 0 amide bonds. The van der Waals surface area contributed by atoms with Gasteiger partial charge in [-0.25, -0.2) is 9.07 Å². The summed E-state index contributed by atoms with van der Waals surface area (Å²) in [4.78, 5) is 4.82. The molecule has 2 aliphatic heterocycles. The number of hydrogen-bond acceptors (Lipinski definition) is 5. The Morgan fingerprint density at radius 1 is 1.04 bits per heavy atom. The minimum Gasteiger partial charge on any atom is -0.369 e. The maximum Gasteiger partial charge on any atom is 0.146 e. The van der Waals surface area contributed by atoms with Gasteiger partial charge < -0.3 is 15.1 Å². The predicted octanol–water partition coefficient (Wildman–Crippen LogP) is 2.44. The van der Waals surface area contributed by atoms with Crippen LogP contribution < -0.4 is 10.2 Å². The Labute approximate surface area is 160 Å². The molecule has 0 radical (unpaired) electrons. The normalized spacial score (nSPS) is 20.3. The molecule has 0 bridgehead atoms. The van der Waals surface area contributed by atoms with Crippen molar-refractivity contribution in [3.05, 3.63) is 42.0 Å². The van der Waals surface area contributed by atoms with Crippen molar-refractivity contribution in [3.63, 3.8) is 0 Å². The molecule has 0 saturated carbocycles. The van der Waals surface area contributed by atoms with Crippen LogP contribution >= 0.6 is 0 Å². The van der Waals surface area contributed by atoms with Crippen molar-refractivity contribution < 1.29 is 4.39 Å². The summed E-state index contributed by atoms with van der Waals surface area (Å²) in [5.41, 5.74) is 1.75. The summed E-state index contributed by atoms with van der Waals surface area (Å²) in [5.74, 6) is -0.109. The molecule has 7 heteroatoms. The van der Waals surface area contributed by atoms with Gasteiger partial charge in [-0.3, -0.25) is 0 Å². The highest BCUT2D eigenvalue weighted by Gasteiger charge is 2.29. The van der Waals surface area contributed by atoms with Crippen LogP contribution in [0.25, 0.3) is 0 Å². The van der Waals surface area contributed by atoms with E-state index in [1.54, 1.807) is 12.1 Å². The van der Waals surface area contributed by atoms with Crippen LogP contribution in [0.4, 0.5) is 10.1 Å². The SMILES string of the molecule is CNCc1cn(C2CCN(C3CCN(c4ccccc4F)CC3)CC2)nn1. The van der Waals surface area contributed by atoms with Gasteiger partial charge in [0.2, 0.25) is 0 Å². The lowest BCUT2D eigenvalue weighted by molar-refractivity contribution is 0.113. The summed E-state index contributed by atoms with van der Waals surface area (Å²) in [6.45, 7) is 4.84. The van der Waals surface area contributed by atoms with Crippen molar-refractivity contribution in [2.75, 3.05) is 38.1 Å². The number of para-hydroxylation sites is 1. The first-order valence-electron chi connectivity index (χ1n) is 10.0. The van der Waals surface area contributed by atoms with E-state index in [0.29, 0.717) is 12.1 Å². The summed E-state index contributed by atoms with van der Waals surface area (Å²) in [7, 11) is 1.93. The van der Waals surface area contributed by atoms with Crippen LogP contribution in [-0.2, 0) is 6.54 Å². The topological polar surface area (TPSA) is 49.2 Å². The molecule has 4 rings (SSSR count). The maximum absolute atomic E-state index is 14.0. The lowest BCUT2D eigenvalue weighted by atomic mass is 9.97. The first-order valence-corrected chi connectivity index (χ1v) is 10.0. The van der Waals surface area contributed by atoms with E-state index < -0.39 is 0 Å². The number of nitrogens with one attached hydrogen (secondary N) is 1. The third-order valence-corrected chi connectivity index (χ3v) is 5.96. The Bertz CT molecular complexity index is 732. The molecule has 0 aliphatic carbocycles. The van der Waals surface area contributed by atoms with E-state index in [1.165, 1.54) is 0 Å². The molecule has 0 unspecified atom stereocenters. The first kappa shape index (κ1) is 18.4. The third kappa shape index (κ3) is 4.14. The molecule has 2 aliphatic rings. The van der Waals surface area contributed by atoms with Gasteiger partial charge in [-0.05, 0) is 44.9 Å². The molecule has 3 heterocycles. The molecule has 2 aromatic rings. The van der Waals surface area contributed by atoms with Crippen LogP contribution in [0, 0.1) is 5.82 Å². The number of benzene rings is 1. The second-order valence-electron chi connectivity index (χ2n) is 7.66. The Hall–Kier alpha value is -1.99. The summed E-state index contributed by atoms with van der Waals surface area (Å²) in [6, 6.07) is 8.19. The summed E-state index contributed by atoms with van der Waals surface area (Å²) in [5, 5.41) is 11.7.